The Kier molecular flexibility index (Phi) is 3.61. The van der Waals surface area contributed by atoms with Gasteiger partial charge in [-0.2, -0.15) is 0 Å². The van der Waals surface area contributed by atoms with Crippen LogP contribution < -0.4 is 0 Å². The lowest BCUT2D eigenvalue weighted by Gasteiger charge is -1.98. The summed E-state index contributed by atoms with van der Waals surface area (Å²) >= 11 is 5.76. The van der Waals surface area contributed by atoms with Crippen LogP contribution in [0.4, 0.5) is 0 Å². The lowest BCUT2D eigenvalue weighted by atomic mass is 10.2. The number of nitrogens with zero attached hydrogens (tertiary/aromatic N) is 1. The van der Waals surface area contributed by atoms with Gasteiger partial charge in [0.1, 0.15) is 6.61 Å². The van der Waals surface area contributed by atoms with Crippen molar-refractivity contribution in [2.24, 2.45) is 5.16 Å². The Hall–Kier alpha value is -1.02. The van der Waals surface area contributed by atoms with Crippen molar-refractivity contribution in [3.63, 3.8) is 0 Å². The minimum absolute atomic E-state index is 0.463. The zero-order valence-corrected chi connectivity index (χ0v) is 7.58. The maximum absolute atomic E-state index is 5.76. The first kappa shape index (κ1) is 9.07. The smallest absolute Gasteiger partial charge is 0.142 e. The van der Waals surface area contributed by atoms with E-state index in [-0.39, 0.29) is 0 Å². The van der Waals surface area contributed by atoms with Gasteiger partial charge in [0, 0.05) is 11.2 Å². The topological polar surface area (TPSA) is 21.6 Å². The molecule has 1 aromatic carbocycles. The quantitative estimate of drug-likeness (QED) is 0.522. The molecule has 0 saturated heterocycles. The van der Waals surface area contributed by atoms with Crippen molar-refractivity contribution < 1.29 is 4.84 Å². The monoisotopic (exact) mass is 183 g/mol. The van der Waals surface area contributed by atoms with Gasteiger partial charge in [0.15, 0.2) is 0 Å². The Labute approximate surface area is 76.8 Å². The van der Waals surface area contributed by atoms with Crippen LogP contribution in [0.1, 0.15) is 12.5 Å². The minimum Gasteiger partial charge on any atom is -0.391 e. The second kappa shape index (κ2) is 4.78. The number of oxime groups is 1. The van der Waals surface area contributed by atoms with Crippen LogP contribution in [0.2, 0.25) is 5.02 Å². The number of rotatable bonds is 3. The molecule has 0 amide bonds. The molecule has 0 aliphatic heterocycles. The van der Waals surface area contributed by atoms with Crippen LogP contribution in [-0.2, 0) is 11.4 Å². The summed E-state index contributed by atoms with van der Waals surface area (Å²) in [5.74, 6) is 0. The zero-order valence-electron chi connectivity index (χ0n) is 6.83. The third-order valence-electron chi connectivity index (χ3n) is 1.30. The highest BCUT2D eigenvalue weighted by atomic mass is 35.5. The highest BCUT2D eigenvalue weighted by molar-refractivity contribution is 6.30. The van der Waals surface area contributed by atoms with Crippen molar-refractivity contribution in [3.05, 3.63) is 34.9 Å². The predicted molar refractivity (Wildman–Crippen MR) is 50.4 cm³/mol. The minimum atomic E-state index is 0.463. The molecule has 12 heavy (non-hydrogen) atoms. The lowest BCUT2D eigenvalue weighted by molar-refractivity contribution is 0.132. The van der Waals surface area contributed by atoms with Gasteiger partial charge in [-0.05, 0) is 24.6 Å². The normalized spacial score (nSPS) is 10.5. The second-order valence-electron chi connectivity index (χ2n) is 2.27. The van der Waals surface area contributed by atoms with E-state index in [1.54, 1.807) is 13.1 Å². The first-order chi connectivity index (χ1) is 5.83. The van der Waals surface area contributed by atoms with E-state index in [4.69, 9.17) is 16.4 Å². The first-order valence-corrected chi connectivity index (χ1v) is 4.05. The van der Waals surface area contributed by atoms with Crippen molar-refractivity contribution in [1.82, 2.24) is 0 Å². The lowest BCUT2D eigenvalue weighted by Crippen LogP contribution is -1.85. The van der Waals surface area contributed by atoms with Gasteiger partial charge >= 0.3 is 0 Å². The average Bonchev–Trinajstić information content (AvgIpc) is 2.05. The van der Waals surface area contributed by atoms with Crippen molar-refractivity contribution >= 4 is 17.8 Å². The molecule has 0 spiro atoms. The van der Waals surface area contributed by atoms with Crippen LogP contribution in [0.15, 0.2) is 29.4 Å². The molecule has 1 aromatic rings. The molecule has 0 N–H and O–H groups in total. The molecule has 0 fully saturated rings. The molecule has 0 aliphatic carbocycles. The molecule has 64 valence electrons. The number of hydrogen-bond donors (Lipinski definition) is 0. The van der Waals surface area contributed by atoms with Gasteiger partial charge in [-0.1, -0.05) is 28.9 Å². The Morgan fingerprint density at radius 3 is 3.08 bits per heavy atom. The van der Waals surface area contributed by atoms with E-state index in [2.05, 4.69) is 5.16 Å². The van der Waals surface area contributed by atoms with Gasteiger partial charge in [-0.15, -0.1) is 0 Å². The molecule has 0 bridgehead atoms. The first-order valence-electron chi connectivity index (χ1n) is 3.67. The van der Waals surface area contributed by atoms with Crippen molar-refractivity contribution in [2.75, 3.05) is 0 Å². The van der Waals surface area contributed by atoms with Crippen LogP contribution in [0, 0.1) is 0 Å². The molecule has 0 radical (unpaired) electrons. The molecule has 0 aromatic heterocycles. The zero-order chi connectivity index (χ0) is 8.81. The van der Waals surface area contributed by atoms with Gasteiger partial charge in [0.25, 0.3) is 0 Å². The Bertz CT molecular complexity index is 273. The third kappa shape index (κ3) is 2.93. The van der Waals surface area contributed by atoms with Crippen LogP contribution in [0.5, 0.6) is 0 Å². The number of hydrogen-bond acceptors (Lipinski definition) is 2. The number of halogens is 1. The molecule has 2 nitrogen and oxygen atoms in total. The standard InChI is InChI=1S/C9H10ClNO/c1-2-11-12-7-8-4-3-5-9(10)6-8/h2-6H,7H2,1H3/b11-2-. The Morgan fingerprint density at radius 1 is 1.58 bits per heavy atom. The van der Waals surface area contributed by atoms with E-state index in [1.807, 2.05) is 24.3 Å². The number of benzene rings is 1. The van der Waals surface area contributed by atoms with Crippen molar-refractivity contribution in [3.8, 4) is 0 Å². The summed E-state index contributed by atoms with van der Waals surface area (Å²) in [6.45, 7) is 2.27. The van der Waals surface area contributed by atoms with Gasteiger partial charge in [0.05, 0.1) is 0 Å². The van der Waals surface area contributed by atoms with E-state index in [1.165, 1.54) is 0 Å². The van der Waals surface area contributed by atoms with Gasteiger partial charge in [-0.3, -0.25) is 0 Å². The van der Waals surface area contributed by atoms with Crippen LogP contribution in [-0.4, -0.2) is 6.21 Å². The summed E-state index contributed by atoms with van der Waals surface area (Å²) in [7, 11) is 0. The molecule has 0 aliphatic rings. The summed E-state index contributed by atoms with van der Waals surface area (Å²) in [5.41, 5.74) is 1.02. The van der Waals surface area contributed by atoms with E-state index < -0.39 is 0 Å². The van der Waals surface area contributed by atoms with E-state index in [0.717, 1.165) is 10.6 Å². The summed E-state index contributed by atoms with van der Waals surface area (Å²) in [6.07, 6.45) is 1.60. The highest BCUT2D eigenvalue weighted by Crippen LogP contribution is 2.11. The molecule has 1 rings (SSSR count). The molecule has 3 heteroatoms. The fourth-order valence-corrected chi connectivity index (χ4v) is 1.03. The predicted octanol–water partition coefficient (Wildman–Crippen LogP) is 2.86. The SMILES string of the molecule is C/C=N\OCc1cccc(Cl)c1. The summed E-state index contributed by atoms with van der Waals surface area (Å²) in [4.78, 5) is 4.93. The maximum atomic E-state index is 5.76. The average molecular weight is 184 g/mol. The molecule has 0 atom stereocenters. The largest absolute Gasteiger partial charge is 0.391 e. The Morgan fingerprint density at radius 2 is 2.42 bits per heavy atom. The summed E-state index contributed by atoms with van der Waals surface area (Å²) in [6, 6.07) is 7.51. The summed E-state index contributed by atoms with van der Waals surface area (Å²) < 4.78 is 0. The van der Waals surface area contributed by atoms with Crippen LogP contribution >= 0.6 is 11.6 Å². The van der Waals surface area contributed by atoms with E-state index in [9.17, 15) is 0 Å². The van der Waals surface area contributed by atoms with E-state index >= 15 is 0 Å². The van der Waals surface area contributed by atoms with Crippen molar-refractivity contribution in [2.45, 2.75) is 13.5 Å². The van der Waals surface area contributed by atoms with Crippen LogP contribution in [0.25, 0.3) is 0 Å². The molecule has 0 heterocycles. The molecule has 0 unspecified atom stereocenters. The molecular weight excluding hydrogens is 174 g/mol. The maximum Gasteiger partial charge on any atom is 0.142 e. The third-order valence-corrected chi connectivity index (χ3v) is 1.54. The van der Waals surface area contributed by atoms with Gasteiger partial charge in [0.2, 0.25) is 0 Å². The van der Waals surface area contributed by atoms with Gasteiger partial charge in [-0.25, -0.2) is 0 Å². The van der Waals surface area contributed by atoms with Crippen LogP contribution in [0.3, 0.4) is 0 Å². The fraction of sp³-hybridized carbons (Fsp3) is 0.222. The molecule has 0 saturated carbocycles. The highest BCUT2D eigenvalue weighted by Gasteiger charge is 1.92. The molecular formula is C9H10ClNO. The van der Waals surface area contributed by atoms with Gasteiger partial charge < -0.3 is 4.84 Å². The fourth-order valence-electron chi connectivity index (χ4n) is 0.813. The van der Waals surface area contributed by atoms with Crippen molar-refractivity contribution in [1.29, 1.82) is 0 Å². The second-order valence-corrected chi connectivity index (χ2v) is 2.70. The Balaban J connectivity index is 2.52. The summed E-state index contributed by atoms with van der Waals surface area (Å²) in [5, 5.41) is 4.35. The van der Waals surface area contributed by atoms with E-state index in [0.29, 0.717) is 6.61 Å².